The van der Waals surface area contributed by atoms with Crippen molar-refractivity contribution in [2.75, 3.05) is 4.72 Å². The van der Waals surface area contributed by atoms with E-state index in [4.69, 9.17) is 4.42 Å². The molecule has 7 nitrogen and oxygen atoms in total. The van der Waals surface area contributed by atoms with Gasteiger partial charge in [-0.2, -0.15) is 0 Å². The molecule has 0 bridgehead atoms. The number of nitrogens with one attached hydrogen (secondary N) is 2. The van der Waals surface area contributed by atoms with Crippen LogP contribution in [0.15, 0.2) is 27.5 Å². The molecule has 2 heterocycles. The van der Waals surface area contributed by atoms with E-state index in [9.17, 15) is 12.8 Å². The van der Waals surface area contributed by atoms with E-state index < -0.39 is 15.8 Å². The van der Waals surface area contributed by atoms with E-state index in [1.807, 2.05) is 0 Å². The SMILES string of the molecule is Cc1ccc(NS(=O)(=O)c2c(C)[nH]c(C)c2-c2nnc(C3CC3)o2)c(F)c1. The highest BCUT2D eigenvalue weighted by Crippen LogP contribution is 2.41. The summed E-state index contributed by atoms with van der Waals surface area (Å²) in [5, 5.41) is 8.06. The second kappa shape index (κ2) is 6.19. The van der Waals surface area contributed by atoms with E-state index in [1.54, 1.807) is 26.8 Å². The summed E-state index contributed by atoms with van der Waals surface area (Å²) >= 11 is 0. The molecule has 1 saturated carbocycles. The molecule has 1 fully saturated rings. The maximum Gasteiger partial charge on any atom is 0.264 e. The van der Waals surface area contributed by atoms with Crippen molar-refractivity contribution in [3.05, 3.63) is 46.9 Å². The van der Waals surface area contributed by atoms with Gasteiger partial charge in [0.1, 0.15) is 10.7 Å². The Morgan fingerprint density at radius 1 is 1.19 bits per heavy atom. The lowest BCUT2D eigenvalue weighted by Gasteiger charge is -2.10. The van der Waals surface area contributed by atoms with Crippen molar-refractivity contribution in [1.29, 1.82) is 0 Å². The Morgan fingerprint density at radius 2 is 1.93 bits per heavy atom. The number of aromatic amines is 1. The van der Waals surface area contributed by atoms with Crippen LogP contribution in [0, 0.1) is 26.6 Å². The highest BCUT2D eigenvalue weighted by atomic mass is 32.2. The van der Waals surface area contributed by atoms with Gasteiger partial charge in [0.15, 0.2) is 0 Å². The number of aromatic nitrogens is 3. The standard InChI is InChI=1S/C18H19FN4O3S/c1-9-4-7-14(13(19)8-9)23-27(24,25)16-11(3)20-10(2)15(16)18-22-21-17(26-18)12-5-6-12/h4,7-8,12,20,23H,5-6H2,1-3H3. The lowest BCUT2D eigenvalue weighted by atomic mass is 10.2. The van der Waals surface area contributed by atoms with Crippen molar-refractivity contribution in [3.8, 4) is 11.5 Å². The minimum Gasteiger partial charge on any atom is -0.420 e. The topological polar surface area (TPSA) is 101 Å². The number of anilines is 1. The van der Waals surface area contributed by atoms with Crippen molar-refractivity contribution in [3.63, 3.8) is 0 Å². The Morgan fingerprint density at radius 3 is 2.59 bits per heavy atom. The first-order valence-electron chi connectivity index (χ1n) is 8.58. The third kappa shape index (κ3) is 3.23. The van der Waals surface area contributed by atoms with Crippen molar-refractivity contribution in [1.82, 2.24) is 15.2 Å². The average molecular weight is 390 g/mol. The highest BCUT2D eigenvalue weighted by molar-refractivity contribution is 7.93. The molecule has 1 aromatic carbocycles. The first-order chi connectivity index (χ1) is 12.8. The molecule has 0 spiro atoms. The smallest absolute Gasteiger partial charge is 0.264 e. The number of hydrogen-bond donors (Lipinski definition) is 2. The molecule has 1 aliphatic rings. The molecule has 27 heavy (non-hydrogen) atoms. The van der Waals surface area contributed by atoms with E-state index in [0.29, 0.717) is 28.4 Å². The molecule has 1 aliphatic carbocycles. The van der Waals surface area contributed by atoms with Crippen LogP contribution in [0.4, 0.5) is 10.1 Å². The molecule has 4 rings (SSSR count). The maximum absolute atomic E-state index is 14.1. The lowest BCUT2D eigenvalue weighted by molar-refractivity contribution is 0.507. The highest BCUT2D eigenvalue weighted by Gasteiger charge is 2.33. The summed E-state index contributed by atoms with van der Waals surface area (Å²) in [6.45, 7) is 5.09. The van der Waals surface area contributed by atoms with Gasteiger partial charge < -0.3 is 9.40 Å². The van der Waals surface area contributed by atoms with Gasteiger partial charge in [-0.15, -0.1) is 10.2 Å². The van der Waals surface area contributed by atoms with Gasteiger partial charge in [-0.05, 0) is 51.3 Å². The van der Waals surface area contributed by atoms with Gasteiger partial charge in [0.2, 0.25) is 5.89 Å². The normalized spacial score (nSPS) is 14.5. The summed E-state index contributed by atoms with van der Waals surface area (Å²) in [7, 11) is -4.08. The molecule has 0 saturated heterocycles. The van der Waals surface area contributed by atoms with Crippen LogP contribution in [0.5, 0.6) is 0 Å². The van der Waals surface area contributed by atoms with Gasteiger partial charge in [-0.3, -0.25) is 4.72 Å². The number of nitrogens with zero attached hydrogens (tertiary/aromatic N) is 2. The van der Waals surface area contributed by atoms with Crippen LogP contribution in [-0.2, 0) is 10.0 Å². The maximum atomic E-state index is 14.1. The number of H-pyrrole nitrogens is 1. The monoisotopic (exact) mass is 390 g/mol. The molecular weight excluding hydrogens is 371 g/mol. The minimum absolute atomic E-state index is 0.0222. The Bertz CT molecular complexity index is 1130. The Labute approximate surface area is 156 Å². The van der Waals surface area contributed by atoms with Crippen molar-refractivity contribution >= 4 is 15.7 Å². The van der Waals surface area contributed by atoms with E-state index in [1.165, 1.54) is 12.1 Å². The number of hydrogen-bond acceptors (Lipinski definition) is 5. The molecule has 0 unspecified atom stereocenters. The molecule has 0 amide bonds. The molecule has 9 heteroatoms. The van der Waals surface area contributed by atoms with Gasteiger partial charge in [0.25, 0.3) is 15.9 Å². The zero-order valence-corrected chi connectivity index (χ0v) is 15.9. The minimum atomic E-state index is -4.08. The van der Waals surface area contributed by atoms with Crippen LogP contribution in [0.25, 0.3) is 11.5 Å². The number of sulfonamides is 1. The summed E-state index contributed by atoms with van der Waals surface area (Å²) in [6.07, 6.45) is 1.98. The molecular formula is C18H19FN4O3S. The fourth-order valence-corrected chi connectivity index (χ4v) is 4.60. The van der Waals surface area contributed by atoms with E-state index in [2.05, 4.69) is 19.9 Å². The Hall–Kier alpha value is -2.68. The fraction of sp³-hybridized carbons (Fsp3) is 0.333. The van der Waals surface area contributed by atoms with Gasteiger partial charge >= 0.3 is 0 Å². The van der Waals surface area contributed by atoms with Gasteiger partial charge in [-0.1, -0.05) is 6.07 Å². The third-order valence-electron chi connectivity index (χ3n) is 4.54. The van der Waals surface area contributed by atoms with E-state index in [0.717, 1.165) is 12.8 Å². The van der Waals surface area contributed by atoms with Gasteiger partial charge in [-0.25, -0.2) is 12.8 Å². The molecule has 0 aliphatic heterocycles. The fourth-order valence-electron chi connectivity index (χ4n) is 3.08. The van der Waals surface area contributed by atoms with Gasteiger partial charge in [0.05, 0.1) is 11.3 Å². The second-order valence-corrected chi connectivity index (χ2v) is 8.51. The zero-order chi connectivity index (χ0) is 19.3. The lowest BCUT2D eigenvalue weighted by Crippen LogP contribution is -2.15. The first-order valence-corrected chi connectivity index (χ1v) is 10.1. The molecule has 2 N–H and O–H groups in total. The Balaban J connectivity index is 1.78. The molecule has 142 valence electrons. The van der Waals surface area contributed by atoms with Crippen LogP contribution >= 0.6 is 0 Å². The Kier molecular flexibility index (Phi) is 4.06. The number of aryl methyl sites for hydroxylation is 3. The van der Waals surface area contributed by atoms with E-state index in [-0.39, 0.29) is 22.4 Å². The molecule has 0 atom stereocenters. The summed E-state index contributed by atoms with van der Waals surface area (Å²) in [5.74, 6) is 0.276. The van der Waals surface area contributed by atoms with Crippen molar-refractivity contribution in [2.24, 2.45) is 0 Å². The van der Waals surface area contributed by atoms with Crippen LogP contribution < -0.4 is 4.72 Å². The van der Waals surface area contributed by atoms with Gasteiger partial charge in [0, 0.05) is 17.3 Å². The predicted molar refractivity (Wildman–Crippen MR) is 97.5 cm³/mol. The average Bonchev–Trinajstić information content (AvgIpc) is 3.23. The van der Waals surface area contributed by atoms with Crippen LogP contribution in [0.3, 0.4) is 0 Å². The van der Waals surface area contributed by atoms with Crippen LogP contribution in [-0.4, -0.2) is 23.6 Å². The van der Waals surface area contributed by atoms with Crippen LogP contribution in [0.2, 0.25) is 0 Å². The number of rotatable bonds is 5. The largest absolute Gasteiger partial charge is 0.420 e. The summed E-state index contributed by atoms with van der Waals surface area (Å²) < 4.78 is 48.2. The zero-order valence-electron chi connectivity index (χ0n) is 15.1. The quantitative estimate of drug-likeness (QED) is 0.690. The summed E-state index contributed by atoms with van der Waals surface area (Å²) in [5.41, 5.74) is 1.89. The van der Waals surface area contributed by atoms with Crippen molar-refractivity contribution < 1.29 is 17.2 Å². The second-order valence-electron chi connectivity index (χ2n) is 6.89. The molecule has 2 aromatic heterocycles. The first kappa shape index (κ1) is 17.7. The predicted octanol–water partition coefficient (Wildman–Crippen LogP) is 3.81. The number of benzene rings is 1. The van der Waals surface area contributed by atoms with E-state index >= 15 is 0 Å². The molecule has 3 aromatic rings. The number of halogens is 1. The third-order valence-corrected chi connectivity index (χ3v) is 6.07. The van der Waals surface area contributed by atoms with Crippen molar-refractivity contribution in [2.45, 2.75) is 44.4 Å². The summed E-state index contributed by atoms with van der Waals surface area (Å²) in [4.78, 5) is 2.98. The summed E-state index contributed by atoms with van der Waals surface area (Å²) in [6, 6.07) is 4.31. The molecule has 0 radical (unpaired) electrons. The van der Waals surface area contributed by atoms with Crippen LogP contribution in [0.1, 0.15) is 41.6 Å².